The van der Waals surface area contributed by atoms with Gasteiger partial charge in [0.05, 0.1) is 0 Å². The molecule has 0 spiro atoms. The fourth-order valence-corrected chi connectivity index (χ4v) is 1.82. The Kier molecular flexibility index (Phi) is 6.48. The molecule has 2 aromatic carbocycles. The van der Waals surface area contributed by atoms with Crippen LogP contribution in [0.1, 0.15) is 18.1 Å². The van der Waals surface area contributed by atoms with Crippen LogP contribution in [0.5, 0.6) is 0 Å². The van der Waals surface area contributed by atoms with Crippen molar-refractivity contribution >= 4 is 6.08 Å². The van der Waals surface area contributed by atoms with Gasteiger partial charge in [0.15, 0.2) is 0 Å². The molecule has 0 bridgehead atoms. The van der Waals surface area contributed by atoms with Crippen molar-refractivity contribution < 1.29 is 5.11 Å². The van der Waals surface area contributed by atoms with Crippen molar-refractivity contribution in [3.63, 3.8) is 0 Å². The first-order valence-electron chi connectivity index (χ1n) is 7.43. The average Bonchev–Trinajstić information content (AvgIpc) is 2.58. The van der Waals surface area contributed by atoms with Crippen LogP contribution in [0.3, 0.4) is 0 Å². The molecule has 0 saturated heterocycles. The van der Waals surface area contributed by atoms with Gasteiger partial charge in [0, 0.05) is 11.1 Å². The molecule has 1 nitrogen and oxygen atoms in total. The van der Waals surface area contributed by atoms with Crippen molar-refractivity contribution in [1.82, 2.24) is 0 Å². The summed E-state index contributed by atoms with van der Waals surface area (Å²) in [6, 6.07) is 19.8. The van der Waals surface area contributed by atoms with Gasteiger partial charge in [0.1, 0.15) is 6.10 Å². The molecule has 2 aromatic rings. The highest BCUT2D eigenvalue weighted by Gasteiger charge is 1.90. The summed E-state index contributed by atoms with van der Waals surface area (Å²) in [6.45, 7) is 1.64. The van der Waals surface area contributed by atoms with Gasteiger partial charge >= 0.3 is 0 Å². The fourth-order valence-electron chi connectivity index (χ4n) is 1.82. The maximum atomic E-state index is 9.33. The summed E-state index contributed by atoms with van der Waals surface area (Å²) in [5, 5.41) is 9.33. The second-order valence-electron chi connectivity index (χ2n) is 4.92. The van der Waals surface area contributed by atoms with Gasteiger partial charge in [-0.05, 0) is 42.8 Å². The summed E-state index contributed by atoms with van der Waals surface area (Å²) in [7, 11) is 0. The third-order valence-electron chi connectivity index (χ3n) is 2.88. The van der Waals surface area contributed by atoms with Crippen molar-refractivity contribution in [3.05, 3.63) is 89.5 Å². The van der Waals surface area contributed by atoms with Crippen molar-refractivity contribution in [1.29, 1.82) is 0 Å². The summed E-state index contributed by atoms with van der Waals surface area (Å²) in [4.78, 5) is 0. The lowest BCUT2D eigenvalue weighted by atomic mass is 10.1. The molecule has 1 atom stereocenters. The van der Waals surface area contributed by atoms with Crippen molar-refractivity contribution in [2.75, 3.05) is 0 Å². The van der Waals surface area contributed by atoms with Gasteiger partial charge in [-0.15, -0.1) is 0 Å². The number of rotatable bonds is 2. The highest BCUT2D eigenvalue weighted by atomic mass is 16.3. The molecule has 0 aliphatic carbocycles. The van der Waals surface area contributed by atoms with E-state index in [1.54, 1.807) is 13.0 Å². The summed E-state index contributed by atoms with van der Waals surface area (Å²) < 4.78 is 0. The Morgan fingerprint density at radius 3 is 2.30 bits per heavy atom. The monoisotopic (exact) mass is 298 g/mol. The molecule has 0 aliphatic heterocycles. The number of hydrogen-bond acceptors (Lipinski definition) is 1. The lowest BCUT2D eigenvalue weighted by Gasteiger charge is -1.94. The third kappa shape index (κ3) is 6.53. The molecule has 1 unspecified atom stereocenters. The zero-order chi connectivity index (χ0) is 16.3. The van der Waals surface area contributed by atoms with Crippen molar-refractivity contribution in [2.24, 2.45) is 0 Å². The third-order valence-corrected chi connectivity index (χ3v) is 2.88. The second-order valence-corrected chi connectivity index (χ2v) is 4.92. The minimum atomic E-state index is -0.655. The van der Waals surface area contributed by atoms with Gasteiger partial charge in [-0.25, -0.2) is 0 Å². The van der Waals surface area contributed by atoms with E-state index in [2.05, 4.69) is 23.7 Å². The van der Waals surface area contributed by atoms with Gasteiger partial charge in [0.25, 0.3) is 0 Å². The van der Waals surface area contributed by atoms with Gasteiger partial charge in [-0.2, -0.15) is 0 Å². The van der Waals surface area contributed by atoms with Gasteiger partial charge in [0.2, 0.25) is 0 Å². The predicted octanol–water partition coefficient (Wildman–Crippen LogP) is 4.06. The Bertz CT molecular complexity index is 789. The van der Waals surface area contributed by atoms with E-state index in [4.69, 9.17) is 0 Å². The number of hydrogen-bond donors (Lipinski definition) is 1. The van der Waals surface area contributed by atoms with Gasteiger partial charge < -0.3 is 5.11 Å². The molecule has 0 saturated carbocycles. The van der Waals surface area contributed by atoms with Crippen LogP contribution in [-0.2, 0) is 0 Å². The molecule has 1 heteroatoms. The zero-order valence-corrected chi connectivity index (χ0v) is 13.0. The minimum absolute atomic E-state index is 0.655. The summed E-state index contributed by atoms with van der Waals surface area (Å²) in [5.74, 6) is 11.8. The Morgan fingerprint density at radius 2 is 1.65 bits per heavy atom. The normalized spacial score (nSPS) is 12.0. The van der Waals surface area contributed by atoms with Gasteiger partial charge in [-0.3, -0.25) is 0 Å². The van der Waals surface area contributed by atoms with Crippen molar-refractivity contribution in [2.45, 2.75) is 13.0 Å². The maximum Gasteiger partial charge on any atom is 0.112 e. The lowest BCUT2D eigenvalue weighted by Crippen LogP contribution is -1.92. The van der Waals surface area contributed by atoms with E-state index in [1.165, 1.54) is 0 Å². The van der Waals surface area contributed by atoms with E-state index in [0.717, 1.165) is 16.7 Å². The standard InChI is InChI=1S/C22H18O/c1-19(23)16-17-22(18-21-13-6-3-7-14-21)15-9-8-12-20-10-4-2-5-11-20/h2-7,9-11,13-15,18-19,23H,1H3/b15-9-,22-18+. The molecule has 2 rings (SSSR count). The van der Waals surface area contributed by atoms with Crippen LogP contribution in [0.15, 0.2) is 78.4 Å². The Hall–Kier alpha value is -3.00. The van der Waals surface area contributed by atoms with Crippen LogP contribution >= 0.6 is 0 Å². The molecular formula is C22H18O. The highest BCUT2D eigenvalue weighted by molar-refractivity contribution is 5.62. The molecule has 0 radical (unpaired) electrons. The largest absolute Gasteiger partial charge is 0.381 e. The number of aliphatic hydroxyl groups is 1. The fraction of sp³-hybridized carbons (Fsp3) is 0.0909. The van der Waals surface area contributed by atoms with Crippen LogP contribution in [0.2, 0.25) is 0 Å². The first-order chi connectivity index (χ1) is 11.2. The molecule has 1 N–H and O–H groups in total. The molecule has 23 heavy (non-hydrogen) atoms. The number of allylic oxidation sites excluding steroid dienone is 3. The van der Waals surface area contributed by atoms with E-state index >= 15 is 0 Å². The Labute approximate surface area is 138 Å². The van der Waals surface area contributed by atoms with Crippen LogP contribution in [0.4, 0.5) is 0 Å². The van der Waals surface area contributed by atoms with Crippen LogP contribution in [-0.4, -0.2) is 11.2 Å². The van der Waals surface area contributed by atoms with E-state index in [0.29, 0.717) is 0 Å². The van der Waals surface area contributed by atoms with Crippen molar-refractivity contribution in [3.8, 4) is 23.7 Å². The number of aliphatic hydroxyl groups excluding tert-OH is 1. The molecule has 0 amide bonds. The second kappa shape index (κ2) is 9.11. The van der Waals surface area contributed by atoms with Crippen LogP contribution in [0.25, 0.3) is 6.08 Å². The van der Waals surface area contributed by atoms with Crippen LogP contribution < -0.4 is 0 Å². The van der Waals surface area contributed by atoms with E-state index in [9.17, 15) is 5.11 Å². The van der Waals surface area contributed by atoms with E-state index in [-0.39, 0.29) is 0 Å². The summed E-state index contributed by atoms with van der Waals surface area (Å²) >= 11 is 0. The first-order valence-corrected chi connectivity index (χ1v) is 7.43. The smallest absolute Gasteiger partial charge is 0.112 e. The molecule has 0 aromatic heterocycles. The zero-order valence-electron chi connectivity index (χ0n) is 13.0. The number of benzene rings is 2. The summed E-state index contributed by atoms with van der Waals surface area (Å²) in [5.41, 5.74) is 2.84. The SMILES string of the molecule is CC(O)C#CC(/C=C\C#Cc1ccccc1)=C/c1ccccc1. The highest BCUT2D eigenvalue weighted by Crippen LogP contribution is 2.07. The van der Waals surface area contributed by atoms with E-state index in [1.807, 2.05) is 72.8 Å². The van der Waals surface area contributed by atoms with Gasteiger partial charge in [-0.1, -0.05) is 72.2 Å². The first kappa shape index (κ1) is 16.4. The summed E-state index contributed by atoms with van der Waals surface area (Å²) in [6.07, 6.45) is 4.95. The predicted molar refractivity (Wildman–Crippen MR) is 96.3 cm³/mol. The van der Waals surface area contributed by atoms with E-state index < -0.39 is 6.10 Å². The topological polar surface area (TPSA) is 20.2 Å². The quantitative estimate of drug-likeness (QED) is 0.655. The molecule has 0 fully saturated rings. The average molecular weight is 298 g/mol. The Morgan fingerprint density at radius 1 is 1.00 bits per heavy atom. The lowest BCUT2D eigenvalue weighted by molar-refractivity contribution is 0.253. The van der Waals surface area contributed by atoms with Crippen LogP contribution in [0, 0.1) is 23.7 Å². The molecule has 0 heterocycles. The Balaban J connectivity index is 2.19. The molecular weight excluding hydrogens is 280 g/mol. The molecule has 0 aliphatic rings. The maximum absolute atomic E-state index is 9.33. The minimum Gasteiger partial charge on any atom is -0.381 e. The molecule has 112 valence electrons.